The van der Waals surface area contributed by atoms with Crippen LogP contribution in [0, 0.1) is 11.7 Å². The Morgan fingerprint density at radius 3 is 2.79 bits per heavy atom. The molecular weight excluding hydrogens is 184 g/mol. The zero-order chi connectivity index (χ0) is 9.97. The number of halogens is 2. The number of nitrogens with one attached hydrogen (secondary N) is 1. The average molecular weight is 197 g/mol. The second kappa shape index (κ2) is 4.05. The van der Waals surface area contributed by atoms with Gasteiger partial charge in [-0.25, -0.2) is 4.39 Å². The SMILES string of the molecule is FCC1CNCC1c1ccccc1F. The molecule has 1 nitrogen and oxygen atoms in total. The summed E-state index contributed by atoms with van der Waals surface area (Å²) in [7, 11) is 0. The van der Waals surface area contributed by atoms with E-state index < -0.39 is 0 Å². The van der Waals surface area contributed by atoms with E-state index in [9.17, 15) is 8.78 Å². The van der Waals surface area contributed by atoms with Gasteiger partial charge in [0.05, 0.1) is 6.67 Å². The van der Waals surface area contributed by atoms with Gasteiger partial charge >= 0.3 is 0 Å². The lowest BCUT2D eigenvalue weighted by Crippen LogP contribution is -2.13. The van der Waals surface area contributed by atoms with Crippen LogP contribution in [-0.2, 0) is 0 Å². The van der Waals surface area contributed by atoms with E-state index >= 15 is 0 Å². The van der Waals surface area contributed by atoms with Crippen LogP contribution in [0.15, 0.2) is 24.3 Å². The fraction of sp³-hybridized carbons (Fsp3) is 0.455. The summed E-state index contributed by atoms with van der Waals surface area (Å²) in [6.07, 6.45) is 0. The smallest absolute Gasteiger partial charge is 0.126 e. The lowest BCUT2D eigenvalue weighted by Gasteiger charge is -2.16. The van der Waals surface area contributed by atoms with E-state index in [-0.39, 0.29) is 24.3 Å². The van der Waals surface area contributed by atoms with Gasteiger partial charge in [-0.15, -0.1) is 0 Å². The summed E-state index contributed by atoms with van der Waals surface area (Å²) >= 11 is 0. The third-order valence-electron chi connectivity index (χ3n) is 2.84. The molecule has 1 aromatic rings. The van der Waals surface area contributed by atoms with E-state index in [2.05, 4.69) is 5.32 Å². The number of alkyl halides is 1. The third kappa shape index (κ3) is 1.64. The number of hydrogen-bond acceptors (Lipinski definition) is 1. The van der Waals surface area contributed by atoms with E-state index in [1.807, 2.05) is 0 Å². The van der Waals surface area contributed by atoms with Crippen LogP contribution in [0.4, 0.5) is 8.78 Å². The largest absolute Gasteiger partial charge is 0.316 e. The standard InChI is InChI=1S/C11H13F2N/c12-5-8-6-14-7-10(8)9-3-1-2-4-11(9)13/h1-4,8,10,14H,5-7H2. The van der Waals surface area contributed by atoms with E-state index in [0.29, 0.717) is 18.7 Å². The Balaban J connectivity index is 2.26. The summed E-state index contributed by atoms with van der Waals surface area (Å²) in [5.74, 6) is -0.312. The summed E-state index contributed by atoms with van der Waals surface area (Å²) in [5.41, 5.74) is 0.639. The normalized spacial score (nSPS) is 26.7. The van der Waals surface area contributed by atoms with E-state index in [1.165, 1.54) is 6.07 Å². The van der Waals surface area contributed by atoms with Gasteiger partial charge < -0.3 is 5.32 Å². The molecule has 0 aliphatic carbocycles. The molecule has 1 aliphatic heterocycles. The van der Waals surface area contributed by atoms with Crippen LogP contribution >= 0.6 is 0 Å². The van der Waals surface area contributed by atoms with E-state index in [1.54, 1.807) is 18.2 Å². The molecule has 76 valence electrons. The van der Waals surface area contributed by atoms with Crippen molar-refractivity contribution in [3.8, 4) is 0 Å². The van der Waals surface area contributed by atoms with Crippen LogP contribution in [0.5, 0.6) is 0 Å². The van der Waals surface area contributed by atoms with Crippen LogP contribution in [0.25, 0.3) is 0 Å². The summed E-state index contributed by atoms with van der Waals surface area (Å²) < 4.78 is 26.0. The molecular formula is C11H13F2N. The van der Waals surface area contributed by atoms with Crippen molar-refractivity contribution in [1.82, 2.24) is 5.32 Å². The Hall–Kier alpha value is -0.960. The van der Waals surface area contributed by atoms with Gasteiger partial charge in [-0.05, 0) is 11.6 Å². The van der Waals surface area contributed by atoms with Crippen LogP contribution in [0.2, 0.25) is 0 Å². The Bertz CT molecular complexity index is 314. The predicted octanol–water partition coefficient (Wildman–Crippen LogP) is 2.10. The Kier molecular flexibility index (Phi) is 2.77. The quantitative estimate of drug-likeness (QED) is 0.765. The van der Waals surface area contributed by atoms with Crippen molar-refractivity contribution >= 4 is 0 Å². The van der Waals surface area contributed by atoms with Crippen molar-refractivity contribution in [3.05, 3.63) is 35.6 Å². The van der Waals surface area contributed by atoms with Gasteiger partial charge in [0.2, 0.25) is 0 Å². The monoisotopic (exact) mass is 197 g/mol. The maximum atomic E-state index is 13.4. The molecule has 1 heterocycles. The van der Waals surface area contributed by atoms with Crippen molar-refractivity contribution in [1.29, 1.82) is 0 Å². The summed E-state index contributed by atoms with van der Waals surface area (Å²) in [4.78, 5) is 0. The topological polar surface area (TPSA) is 12.0 Å². The van der Waals surface area contributed by atoms with Gasteiger partial charge in [0.25, 0.3) is 0 Å². The predicted molar refractivity (Wildman–Crippen MR) is 51.5 cm³/mol. The molecule has 2 rings (SSSR count). The van der Waals surface area contributed by atoms with E-state index in [4.69, 9.17) is 0 Å². The van der Waals surface area contributed by atoms with Crippen LogP contribution < -0.4 is 5.32 Å². The first-order valence-corrected chi connectivity index (χ1v) is 4.84. The molecule has 2 unspecified atom stereocenters. The molecule has 1 N–H and O–H groups in total. The summed E-state index contributed by atoms with van der Waals surface area (Å²) in [5, 5.41) is 3.09. The molecule has 1 fully saturated rings. The minimum absolute atomic E-state index is 0.0128. The molecule has 0 amide bonds. The number of hydrogen-bond donors (Lipinski definition) is 1. The van der Waals surface area contributed by atoms with Gasteiger partial charge in [0.15, 0.2) is 0 Å². The molecule has 0 bridgehead atoms. The van der Waals surface area contributed by atoms with Gasteiger partial charge in [-0.3, -0.25) is 4.39 Å². The zero-order valence-electron chi connectivity index (χ0n) is 7.84. The van der Waals surface area contributed by atoms with Crippen molar-refractivity contribution in [2.75, 3.05) is 19.8 Å². The first-order chi connectivity index (χ1) is 6.83. The first-order valence-electron chi connectivity index (χ1n) is 4.84. The maximum absolute atomic E-state index is 13.4. The first kappa shape index (κ1) is 9.59. The summed E-state index contributed by atoms with van der Waals surface area (Å²) in [6.45, 7) is 0.941. The fourth-order valence-electron chi connectivity index (χ4n) is 2.03. The van der Waals surface area contributed by atoms with Gasteiger partial charge in [-0.2, -0.15) is 0 Å². The van der Waals surface area contributed by atoms with Gasteiger partial charge in [-0.1, -0.05) is 18.2 Å². The maximum Gasteiger partial charge on any atom is 0.126 e. The highest BCUT2D eigenvalue weighted by atomic mass is 19.1. The van der Waals surface area contributed by atoms with E-state index in [0.717, 1.165) is 0 Å². The molecule has 0 aromatic heterocycles. The minimum Gasteiger partial charge on any atom is -0.316 e. The highest BCUT2D eigenvalue weighted by molar-refractivity contribution is 5.24. The molecule has 2 atom stereocenters. The third-order valence-corrected chi connectivity index (χ3v) is 2.84. The minimum atomic E-state index is -0.383. The number of benzene rings is 1. The Morgan fingerprint density at radius 2 is 2.07 bits per heavy atom. The zero-order valence-corrected chi connectivity index (χ0v) is 7.84. The van der Waals surface area contributed by atoms with Crippen LogP contribution in [-0.4, -0.2) is 19.8 Å². The highest BCUT2D eigenvalue weighted by Gasteiger charge is 2.29. The summed E-state index contributed by atoms with van der Waals surface area (Å²) in [6, 6.07) is 6.64. The molecule has 0 spiro atoms. The molecule has 0 saturated carbocycles. The highest BCUT2D eigenvalue weighted by Crippen LogP contribution is 2.29. The van der Waals surface area contributed by atoms with Gasteiger partial charge in [0, 0.05) is 24.9 Å². The fourth-order valence-corrected chi connectivity index (χ4v) is 2.03. The molecule has 1 aliphatic rings. The van der Waals surface area contributed by atoms with Crippen LogP contribution in [0.1, 0.15) is 11.5 Å². The lowest BCUT2D eigenvalue weighted by atomic mass is 9.89. The Morgan fingerprint density at radius 1 is 1.29 bits per heavy atom. The second-order valence-corrected chi connectivity index (χ2v) is 3.70. The number of rotatable bonds is 2. The lowest BCUT2D eigenvalue weighted by molar-refractivity contribution is 0.354. The second-order valence-electron chi connectivity index (χ2n) is 3.70. The van der Waals surface area contributed by atoms with Crippen LogP contribution in [0.3, 0.4) is 0 Å². The van der Waals surface area contributed by atoms with Crippen molar-refractivity contribution < 1.29 is 8.78 Å². The molecule has 1 aromatic carbocycles. The average Bonchev–Trinajstić information content (AvgIpc) is 2.66. The molecule has 1 saturated heterocycles. The molecule has 3 heteroatoms. The van der Waals surface area contributed by atoms with Crippen molar-refractivity contribution in [2.45, 2.75) is 5.92 Å². The van der Waals surface area contributed by atoms with Gasteiger partial charge in [0.1, 0.15) is 5.82 Å². The van der Waals surface area contributed by atoms with Crippen molar-refractivity contribution in [2.24, 2.45) is 5.92 Å². The molecule has 0 radical (unpaired) electrons. The Labute approximate surface area is 82.1 Å². The van der Waals surface area contributed by atoms with Crippen molar-refractivity contribution in [3.63, 3.8) is 0 Å². The molecule has 14 heavy (non-hydrogen) atoms.